The molecule has 11 aromatic rings. The number of hydrogen-bond acceptors (Lipinski definition) is 1. The van der Waals surface area contributed by atoms with Gasteiger partial charge in [-0.3, -0.25) is 0 Å². The number of benzene rings is 10. The van der Waals surface area contributed by atoms with Crippen molar-refractivity contribution in [3.8, 4) is 44.5 Å². The van der Waals surface area contributed by atoms with Gasteiger partial charge in [-0.1, -0.05) is 202 Å². The molecule has 1 aromatic heterocycles. The van der Waals surface area contributed by atoms with Gasteiger partial charge in [-0.05, 0) is 156 Å². The Morgan fingerprint density at radius 1 is 0.389 bits per heavy atom. The van der Waals surface area contributed by atoms with Gasteiger partial charge in [-0.15, -0.1) is 0 Å². The number of fused-ring (bicyclic) bond motifs is 15. The molecular formula is C70H50N2. The first-order valence-corrected chi connectivity index (χ1v) is 25.5. The number of allylic oxidation sites excluding steroid dienone is 4. The third-order valence-corrected chi connectivity index (χ3v) is 16.8. The molecule has 72 heavy (non-hydrogen) atoms. The monoisotopic (exact) mass is 918 g/mol. The summed E-state index contributed by atoms with van der Waals surface area (Å²) in [5.41, 5.74) is 26.9. The molecule has 4 aliphatic rings. The molecule has 1 spiro atoms. The summed E-state index contributed by atoms with van der Waals surface area (Å²) < 4.78 is 2.62. The third kappa shape index (κ3) is 5.72. The van der Waals surface area contributed by atoms with Crippen molar-refractivity contribution in [2.24, 2.45) is 0 Å². The molecule has 4 aliphatic carbocycles. The molecule has 0 fully saturated rings. The Morgan fingerprint density at radius 3 is 1.65 bits per heavy atom. The molecule has 1 unspecified atom stereocenters. The highest BCUT2D eigenvalue weighted by Gasteiger charge is 2.53. The van der Waals surface area contributed by atoms with Gasteiger partial charge in [0.15, 0.2) is 0 Å². The first-order chi connectivity index (χ1) is 35.5. The van der Waals surface area contributed by atoms with Gasteiger partial charge in [-0.2, -0.15) is 0 Å². The Kier molecular flexibility index (Phi) is 8.78. The van der Waals surface area contributed by atoms with Crippen molar-refractivity contribution in [3.05, 3.63) is 288 Å². The van der Waals surface area contributed by atoms with Crippen LogP contribution >= 0.6 is 0 Å². The van der Waals surface area contributed by atoms with E-state index in [-0.39, 0.29) is 16.9 Å². The lowest BCUT2D eigenvalue weighted by molar-refractivity contribution is 0.587. The molecule has 0 amide bonds. The van der Waals surface area contributed by atoms with E-state index >= 15 is 0 Å². The van der Waals surface area contributed by atoms with Crippen molar-refractivity contribution < 1.29 is 0 Å². The van der Waals surface area contributed by atoms with Crippen LogP contribution in [-0.2, 0) is 10.8 Å². The smallest absolute Gasteiger partial charge is 0.0689 e. The van der Waals surface area contributed by atoms with Crippen LogP contribution in [0, 0.1) is 0 Å². The zero-order valence-corrected chi connectivity index (χ0v) is 40.4. The summed E-state index contributed by atoms with van der Waals surface area (Å²) >= 11 is 0. The van der Waals surface area contributed by atoms with Crippen LogP contribution in [0.4, 0.5) is 17.1 Å². The summed E-state index contributed by atoms with van der Waals surface area (Å²) in [5.74, 6) is 0. The van der Waals surface area contributed by atoms with Gasteiger partial charge in [0.25, 0.3) is 0 Å². The van der Waals surface area contributed by atoms with E-state index < -0.39 is 0 Å². The van der Waals surface area contributed by atoms with Crippen LogP contribution in [-0.4, -0.2) is 4.57 Å². The largest absolute Gasteiger partial charge is 0.333 e. The zero-order chi connectivity index (χ0) is 47.7. The molecule has 15 rings (SSSR count). The Morgan fingerprint density at radius 2 is 0.917 bits per heavy atom. The van der Waals surface area contributed by atoms with E-state index in [9.17, 15) is 0 Å². The number of rotatable bonds is 6. The van der Waals surface area contributed by atoms with E-state index in [0.29, 0.717) is 0 Å². The molecular weight excluding hydrogens is 869 g/mol. The van der Waals surface area contributed by atoms with Gasteiger partial charge < -0.3 is 9.47 Å². The van der Waals surface area contributed by atoms with Crippen molar-refractivity contribution in [2.45, 2.75) is 37.1 Å². The van der Waals surface area contributed by atoms with E-state index in [1.165, 1.54) is 111 Å². The molecule has 0 saturated carbocycles. The highest BCUT2D eigenvalue weighted by atomic mass is 15.1. The summed E-state index contributed by atoms with van der Waals surface area (Å²) in [6.45, 7) is 4.72. The minimum atomic E-state index is -0.329. The van der Waals surface area contributed by atoms with Crippen molar-refractivity contribution in [2.75, 3.05) is 4.90 Å². The van der Waals surface area contributed by atoms with Crippen LogP contribution in [0.5, 0.6) is 0 Å². The maximum absolute atomic E-state index is 2.62. The van der Waals surface area contributed by atoms with Gasteiger partial charge in [0.05, 0.1) is 11.5 Å². The van der Waals surface area contributed by atoms with Gasteiger partial charge in [0.2, 0.25) is 0 Å². The van der Waals surface area contributed by atoms with Crippen molar-refractivity contribution >= 4 is 44.4 Å². The first-order valence-electron chi connectivity index (χ1n) is 25.5. The fourth-order valence-electron chi connectivity index (χ4n) is 13.6. The zero-order valence-electron chi connectivity index (χ0n) is 40.4. The van der Waals surface area contributed by atoms with Gasteiger partial charge in [-0.25, -0.2) is 0 Å². The minimum absolute atomic E-state index is 0.0957. The van der Waals surface area contributed by atoms with Crippen molar-refractivity contribution in [1.82, 2.24) is 4.57 Å². The molecule has 1 atom stereocenters. The first kappa shape index (κ1) is 41.1. The van der Waals surface area contributed by atoms with Crippen molar-refractivity contribution in [1.29, 1.82) is 0 Å². The molecule has 2 nitrogen and oxygen atoms in total. The van der Waals surface area contributed by atoms with E-state index in [4.69, 9.17) is 0 Å². The maximum Gasteiger partial charge on any atom is 0.0689 e. The lowest BCUT2D eigenvalue weighted by Crippen LogP contribution is -2.29. The average Bonchev–Trinajstić information content (AvgIpc) is 4.11. The van der Waals surface area contributed by atoms with Gasteiger partial charge >= 0.3 is 0 Å². The lowest BCUT2D eigenvalue weighted by Gasteiger charge is -2.35. The Hall–Kier alpha value is -8.72. The second-order valence-corrected chi connectivity index (χ2v) is 20.7. The van der Waals surface area contributed by atoms with E-state index in [1.54, 1.807) is 0 Å². The summed E-state index contributed by atoms with van der Waals surface area (Å²) in [6, 6.07) is 88.6. The van der Waals surface area contributed by atoms with Crippen molar-refractivity contribution in [3.63, 3.8) is 0 Å². The summed E-state index contributed by atoms with van der Waals surface area (Å²) in [6.07, 6.45) is 5.84. The Balaban J connectivity index is 0.801. The van der Waals surface area contributed by atoms with Gasteiger partial charge in [0.1, 0.15) is 0 Å². The fraction of sp³-hybridized carbons (Fsp3) is 0.0857. The van der Waals surface area contributed by atoms with Crippen LogP contribution in [0.2, 0.25) is 0 Å². The summed E-state index contributed by atoms with van der Waals surface area (Å²) in [7, 11) is 0. The highest BCUT2D eigenvalue weighted by molar-refractivity contribution is 6.10. The predicted octanol–water partition coefficient (Wildman–Crippen LogP) is 18.2. The lowest BCUT2D eigenvalue weighted by atomic mass is 9.67. The number of para-hydroxylation sites is 2. The molecule has 0 N–H and O–H groups in total. The van der Waals surface area contributed by atoms with E-state index in [0.717, 1.165) is 23.5 Å². The van der Waals surface area contributed by atoms with Crippen LogP contribution < -0.4 is 4.90 Å². The molecule has 1 heterocycles. The Labute approximate surface area is 421 Å². The van der Waals surface area contributed by atoms with E-state index in [2.05, 4.69) is 272 Å². The molecule has 10 aromatic carbocycles. The minimum Gasteiger partial charge on any atom is -0.333 e. The second-order valence-electron chi connectivity index (χ2n) is 20.7. The molecule has 0 aliphatic heterocycles. The van der Waals surface area contributed by atoms with Crippen LogP contribution in [0.25, 0.3) is 71.9 Å². The van der Waals surface area contributed by atoms with Crippen LogP contribution in [0.15, 0.2) is 254 Å². The standard InChI is InChI=1S/C70H50N2/c1-69(2)61-29-11-6-24-53(61)57-37-35-51(43-65(57)69)71(49-21-4-3-5-22-49)50-23-17-20-47(41-50)45-18-16-19-46(40-45)48-34-39-68-60(42-48)59-28-10-15-33-67(59)72(68)52-36-38-58-56-27-9-14-32-64(56)70(66(58)44-52)62-30-12-7-25-54(62)55-26-8-13-31-63(55)70/h3-43,52H,44H2,1-2H3. The topological polar surface area (TPSA) is 8.17 Å². The number of hydrogen-bond donors (Lipinski definition) is 0. The fourth-order valence-corrected chi connectivity index (χ4v) is 13.6. The molecule has 0 bridgehead atoms. The number of nitrogens with zero attached hydrogens (tertiary/aromatic N) is 2. The predicted molar refractivity (Wildman–Crippen MR) is 300 cm³/mol. The SMILES string of the molecule is CC1(C)c2ccccc2-c2ccc(N(c3ccccc3)c3cccc(-c4cccc(-c5ccc6c(c5)c5ccccc5n6C5C=CC6=C(C5)C5(c7ccccc76)c6ccccc6-c6ccccc65)c4)c3)cc21. The third-order valence-electron chi connectivity index (χ3n) is 16.8. The van der Waals surface area contributed by atoms with Crippen LogP contribution in [0.1, 0.15) is 59.7 Å². The normalized spacial score (nSPS) is 16.1. The average molecular weight is 919 g/mol. The molecule has 0 radical (unpaired) electrons. The van der Waals surface area contributed by atoms with Gasteiger partial charge in [0, 0.05) is 44.3 Å². The number of anilines is 3. The quantitative estimate of drug-likeness (QED) is 0.161. The van der Waals surface area contributed by atoms with E-state index in [1.807, 2.05) is 0 Å². The van der Waals surface area contributed by atoms with Crippen LogP contribution in [0.3, 0.4) is 0 Å². The maximum atomic E-state index is 2.62. The summed E-state index contributed by atoms with van der Waals surface area (Å²) in [5, 5.41) is 2.57. The molecule has 340 valence electrons. The summed E-state index contributed by atoms with van der Waals surface area (Å²) in [4.78, 5) is 2.41. The molecule has 2 heteroatoms. The molecule has 0 saturated heterocycles. The Bertz CT molecular complexity index is 4080. The second kappa shape index (κ2) is 15.4. The number of aromatic nitrogens is 1. The highest BCUT2D eigenvalue weighted by Crippen LogP contribution is 2.64.